The molecule has 3 aromatic carbocycles. The lowest BCUT2D eigenvalue weighted by atomic mass is 9.60. The van der Waals surface area contributed by atoms with Crippen LogP contribution in [-0.2, 0) is 9.59 Å². The Morgan fingerprint density at radius 1 is 0.625 bits per heavy atom. The zero-order chi connectivity index (χ0) is 16.6. The van der Waals surface area contributed by atoms with Gasteiger partial charge in [0.25, 0.3) is 0 Å². The van der Waals surface area contributed by atoms with Crippen LogP contribution in [0.4, 0.5) is 0 Å². The van der Waals surface area contributed by atoms with Gasteiger partial charge in [-0.2, -0.15) is 0 Å². The summed E-state index contributed by atoms with van der Waals surface area (Å²) in [5.74, 6) is -1.36. The van der Waals surface area contributed by atoms with Crippen LogP contribution < -0.4 is 0 Å². The van der Waals surface area contributed by atoms with E-state index in [9.17, 15) is 9.59 Å². The summed E-state index contributed by atoms with van der Waals surface area (Å²) in [5, 5.41) is 2.36. The molecular weight excluding hydrogens is 296 g/mol. The van der Waals surface area contributed by atoms with Crippen molar-refractivity contribution in [3.8, 4) is 0 Å². The maximum absolute atomic E-state index is 12.8. The number of rotatable bonds is 0. The summed E-state index contributed by atoms with van der Waals surface area (Å²) >= 11 is 0. The van der Waals surface area contributed by atoms with Crippen LogP contribution in [0.2, 0.25) is 0 Å². The van der Waals surface area contributed by atoms with Crippen molar-refractivity contribution >= 4 is 22.3 Å². The molecule has 3 aromatic rings. The van der Waals surface area contributed by atoms with Crippen LogP contribution in [0.1, 0.15) is 45.2 Å². The number of carbonyl (C=O) groups excluding carboxylic acids is 2. The summed E-state index contributed by atoms with van der Waals surface area (Å²) in [7, 11) is 0. The van der Waals surface area contributed by atoms with E-state index in [2.05, 4.69) is 26.0 Å². The minimum Gasteiger partial charge on any atom is -0.290 e. The monoisotopic (exact) mass is 312 g/mol. The molecule has 3 aliphatic rings. The molecule has 0 radical (unpaired) electrons. The van der Waals surface area contributed by atoms with Crippen molar-refractivity contribution in [3.05, 3.63) is 81.9 Å². The normalized spacial score (nSPS) is 21.1. The Bertz CT molecular complexity index is 989. The van der Waals surface area contributed by atoms with Crippen LogP contribution in [0.15, 0.2) is 48.5 Å². The molecule has 0 heterocycles. The van der Waals surface area contributed by atoms with E-state index >= 15 is 0 Å². The molecule has 0 spiro atoms. The summed E-state index contributed by atoms with van der Waals surface area (Å²) in [6.45, 7) is 4.17. The van der Waals surface area contributed by atoms with Gasteiger partial charge in [0.05, 0.1) is 11.8 Å². The van der Waals surface area contributed by atoms with Gasteiger partial charge in [-0.3, -0.25) is 9.59 Å². The highest BCUT2D eigenvalue weighted by Crippen LogP contribution is 2.53. The van der Waals surface area contributed by atoms with Crippen LogP contribution in [0.25, 0.3) is 10.8 Å². The van der Waals surface area contributed by atoms with Crippen LogP contribution in [0.3, 0.4) is 0 Å². The molecule has 0 N–H and O–H groups in total. The molecule has 0 saturated heterocycles. The highest BCUT2D eigenvalue weighted by atomic mass is 16.2. The van der Waals surface area contributed by atoms with E-state index in [-0.39, 0.29) is 11.6 Å². The SMILES string of the molecule is Cc1c2c(c(C)c3ccccc13)C1C(=O)C(=O)C2c2ccccc21. The Balaban J connectivity index is 2.00. The number of hydrogen-bond acceptors (Lipinski definition) is 2. The largest absolute Gasteiger partial charge is 0.290 e. The Kier molecular flexibility index (Phi) is 2.52. The van der Waals surface area contributed by atoms with Gasteiger partial charge in [-0.05, 0) is 58.0 Å². The molecule has 0 saturated carbocycles. The second kappa shape index (κ2) is 4.41. The Morgan fingerprint density at radius 2 is 1.00 bits per heavy atom. The smallest absolute Gasteiger partial charge is 0.211 e. The lowest BCUT2D eigenvalue weighted by Gasteiger charge is -2.40. The standard InChI is InChI=1S/C22H16O2/c1-11-13-7-3-4-8-14(13)12(2)18-17(11)19-15-9-5-6-10-16(15)20(18)22(24)21(19)23/h3-10,19-20H,1-2H3. The molecule has 0 aromatic heterocycles. The second-order valence-corrected chi connectivity index (χ2v) is 6.85. The molecule has 116 valence electrons. The number of fused-ring (bicyclic) bond motifs is 2. The van der Waals surface area contributed by atoms with E-state index in [1.807, 2.05) is 36.4 Å². The molecule has 2 nitrogen and oxygen atoms in total. The van der Waals surface area contributed by atoms with Gasteiger partial charge in [0.1, 0.15) is 0 Å². The van der Waals surface area contributed by atoms with Gasteiger partial charge >= 0.3 is 0 Å². The van der Waals surface area contributed by atoms with Crippen LogP contribution in [-0.4, -0.2) is 11.6 Å². The first-order valence-electron chi connectivity index (χ1n) is 8.29. The molecule has 0 aliphatic heterocycles. The van der Waals surface area contributed by atoms with Crippen molar-refractivity contribution in [2.24, 2.45) is 0 Å². The lowest BCUT2D eigenvalue weighted by Crippen LogP contribution is -2.41. The average molecular weight is 312 g/mol. The number of ketones is 2. The maximum atomic E-state index is 12.8. The Labute approximate surface area is 140 Å². The summed E-state index contributed by atoms with van der Waals surface area (Å²) in [6, 6.07) is 16.2. The minimum absolute atomic E-state index is 0.246. The first-order valence-corrected chi connectivity index (χ1v) is 8.29. The second-order valence-electron chi connectivity index (χ2n) is 6.85. The Hall–Kier alpha value is -2.74. The fraction of sp³-hybridized carbons (Fsp3) is 0.182. The van der Waals surface area contributed by atoms with Gasteiger partial charge in [-0.15, -0.1) is 0 Å². The van der Waals surface area contributed by atoms with E-state index in [4.69, 9.17) is 0 Å². The van der Waals surface area contributed by atoms with Crippen LogP contribution in [0.5, 0.6) is 0 Å². The number of hydrogen-bond donors (Lipinski definition) is 0. The van der Waals surface area contributed by atoms with Gasteiger partial charge < -0.3 is 0 Å². The third-order valence-electron chi connectivity index (χ3n) is 5.80. The predicted molar refractivity (Wildman–Crippen MR) is 93.6 cm³/mol. The van der Waals surface area contributed by atoms with Crippen LogP contribution in [0, 0.1) is 13.8 Å². The first kappa shape index (κ1) is 13.7. The minimum atomic E-state index is -0.433. The summed E-state index contributed by atoms with van der Waals surface area (Å²) in [5.41, 5.74) is 6.43. The van der Waals surface area contributed by atoms with Gasteiger partial charge in [-0.25, -0.2) is 0 Å². The van der Waals surface area contributed by atoms with E-state index < -0.39 is 11.8 Å². The summed E-state index contributed by atoms with van der Waals surface area (Å²) in [6.07, 6.45) is 0. The molecule has 24 heavy (non-hydrogen) atoms. The maximum Gasteiger partial charge on any atom is 0.211 e. The van der Waals surface area contributed by atoms with Crippen molar-refractivity contribution in [2.45, 2.75) is 25.7 Å². The van der Waals surface area contributed by atoms with Crippen molar-refractivity contribution < 1.29 is 9.59 Å². The first-order chi connectivity index (χ1) is 11.6. The molecule has 2 unspecified atom stereocenters. The number of carbonyl (C=O) groups is 2. The number of aryl methyl sites for hydroxylation is 2. The molecule has 3 aliphatic carbocycles. The van der Waals surface area contributed by atoms with E-state index in [1.165, 1.54) is 10.8 Å². The van der Waals surface area contributed by atoms with E-state index in [0.717, 1.165) is 33.4 Å². The van der Waals surface area contributed by atoms with Crippen LogP contribution >= 0.6 is 0 Å². The average Bonchev–Trinajstić information content (AvgIpc) is 2.62. The summed E-state index contributed by atoms with van der Waals surface area (Å²) in [4.78, 5) is 25.5. The topological polar surface area (TPSA) is 34.1 Å². The van der Waals surface area contributed by atoms with E-state index in [0.29, 0.717) is 0 Å². The van der Waals surface area contributed by atoms with Gasteiger partial charge in [-0.1, -0.05) is 48.5 Å². The van der Waals surface area contributed by atoms with Gasteiger partial charge in [0.2, 0.25) is 11.6 Å². The molecule has 2 atom stereocenters. The van der Waals surface area contributed by atoms with E-state index in [1.54, 1.807) is 0 Å². The third-order valence-corrected chi connectivity index (χ3v) is 5.80. The molecule has 6 rings (SSSR count). The molecule has 0 fully saturated rings. The van der Waals surface area contributed by atoms with Crippen molar-refractivity contribution in [1.29, 1.82) is 0 Å². The van der Waals surface area contributed by atoms with Crippen molar-refractivity contribution in [2.75, 3.05) is 0 Å². The number of Topliss-reactive ketones (excluding diaryl/α,β-unsaturated/α-hetero) is 2. The molecule has 2 bridgehead atoms. The highest BCUT2D eigenvalue weighted by molar-refractivity contribution is 6.45. The summed E-state index contributed by atoms with van der Waals surface area (Å²) < 4.78 is 0. The molecule has 0 amide bonds. The fourth-order valence-corrected chi connectivity index (χ4v) is 4.75. The van der Waals surface area contributed by atoms with Gasteiger partial charge in [0, 0.05) is 0 Å². The highest BCUT2D eigenvalue weighted by Gasteiger charge is 2.50. The predicted octanol–water partition coefficient (Wildman–Crippen LogP) is 4.19. The zero-order valence-corrected chi connectivity index (χ0v) is 13.6. The third kappa shape index (κ3) is 1.42. The molecular formula is C22H16O2. The quantitative estimate of drug-likeness (QED) is 0.583. The lowest BCUT2D eigenvalue weighted by molar-refractivity contribution is -0.138. The van der Waals surface area contributed by atoms with Gasteiger partial charge in [0.15, 0.2) is 0 Å². The molecule has 2 heteroatoms. The van der Waals surface area contributed by atoms with Crippen molar-refractivity contribution in [3.63, 3.8) is 0 Å². The zero-order valence-electron chi connectivity index (χ0n) is 13.6. The van der Waals surface area contributed by atoms with Crippen molar-refractivity contribution in [1.82, 2.24) is 0 Å². The number of benzene rings is 3. The Morgan fingerprint density at radius 3 is 1.42 bits per heavy atom. The fourth-order valence-electron chi connectivity index (χ4n) is 4.75.